The van der Waals surface area contributed by atoms with Gasteiger partial charge in [-0.05, 0) is 38.5 Å². The molecule has 1 heterocycles. The second kappa shape index (κ2) is 10.4. The van der Waals surface area contributed by atoms with Crippen LogP contribution in [0.25, 0.3) is 0 Å². The number of amides is 2. The molecule has 11 nitrogen and oxygen atoms in total. The van der Waals surface area contributed by atoms with Crippen molar-refractivity contribution in [2.24, 2.45) is 0 Å². The van der Waals surface area contributed by atoms with Crippen molar-refractivity contribution in [2.75, 3.05) is 25.1 Å². The molecule has 2 amide bonds. The van der Waals surface area contributed by atoms with Crippen LogP contribution in [0.5, 0.6) is 17.8 Å². The van der Waals surface area contributed by atoms with Crippen molar-refractivity contribution >= 4 is 22.0 Å². The molecule has 0 fully saturated rings. The molecule has 2 aromatic rings. The SMILES string of the molecule is C=C(C)COc1ccccc1S(=O)(=O)NC(=O)Nc1nc(OCC)nc(OCC)n1. The fraction of sp³-hybridized carbons (Fsp3) is 0.333. The molecular formula is C18H23N5O6S. The van der Waals surface area contributed by atoms with Gasteiger partial charge < -0.3 is 14.2 Å². The standard InChI is InChI=1S/C18H23N5O6S/c1-5-27-17-20-15(21-18(22-17)28-6-2)19-16(24)23-30(25,26)14-10-8-7-9-13(14)29-11-12(3)4/h7-10H,3,5-6,11H2,1-2,4H3,(H2,19,20,21,22,23,24). The lowest BCUT2D eigenvalue weighted by Gasteiger charge is -2.13. The van der Waals surface area contributed by atoms with Crippen LogP contribution >= 0.6 is 0 Å². The van der Waals surface area contributed by atoms with E-state index in [4.69, 9.17) is 14.2 Å². The number of para-hydroxylation sites is 1. The zero-order valence-corrected chi connectivity index (χ0v) is 17.7. The Morgan fingerprint density at radius 2 is 1.63 bits per heavy atom. The summed E-state index contributed by atoms with van der Waals surface area (Å²) in [5.41, 5.74) is 0.706. The molecule has 30 heavy (non-hydrogen) atoms. The summed E-state index contributed by atoms with van der Waals surface area (Å²) in [6.45, 7) is 9.57. The average molecular weight is 437 g/mol. The van der Waals surface area contributed by atoms with E-state index in [9.17, 15) is 13.2 Å². The van der Waals surface area contributed by atoms with Gasteiger partial charge in [0.2, 0.25) is 5.95 Å². The number of rotatable bonds is 10. The minimum atomic E-state index is -4.25. The van der Waals surface area contributed by atoms with Gasteiger partial charge in [-0.1, -0.05) is 18.7 Å². The van der Waals surface area contributed by atoms with Crippen LogP contribution in [0.3, 0.4) is 0 Å². The van der Waals surface area contributed by atoms with Crippen LogP contribution in [-0.4, -0.2) is 49.2 Å². The second-order valence-corrected chi connectivity index (χ2v) is 7.49. The highest BCUT2D eigenvalue weighted by Crippen LogP contribution is 2.23. The molecule has 0 atom stereocenters. The number of hydrogen-bond acceptors (Lipinski definition) is 9. The number of benzene rings is 1. The zero-order valence-electron chi connectivity index (χ0n) is 16.8. The summed E-state index contributed by atoms with van der Waals surface area (Å²) in [6.07, 6.45) is 0. The van der Waals surface area contributed by atoms with Crippen LogP contribution in [0, 0.1) is 0 Å². The van der Waals surface area contributed by atoms with Crippen LogP contribution in [-0.2, 0) is 10.0 Å². The van der Waals surface area contributed by atoms with Gasteiger partial charge in [0.05, 0.1) is 13.2 Å². The van der Waals surface area contributed by atoms with Crippen LogP contribution < -0.4 is 24.2 Å². The van der Waals surface area contributed by atoms with Gasteiger partial charge in [0.1, 0.15) is 17.3 Å². The number of anilines is 1. The van der Waals surface area contributed by atoms with E-state index in [0.29, 0.717) is 5.57 Å². The number of aromatic nitrogens is 3. The third-order valence-corrected chi connectivity index (χ3v) is 4.58. The van der Waals surface area contributed by atoms with Crippen molar-refractivity contribution in [1.29, 1.82) is 0 Å². The summed E-state index contributed by atoms with van der Waals surface area (Å²) in [7, 11) is -4.25. The van der Waals surface area contributed by atoms with E-state index < -0.39 is 16.1 Å². The van der Waals surface area contributed by atoms with Gasteiger partial charge in [0, 0.05) is 0 Å². The quantitative estimate of drug-likeness (QED) is 0.535. The first-order valence-corrected chi connectivity index (χ1v) is 10.4. The number of carbonyl (C=O) groups excluding carboxylic acids is 1. The van der Waals surface area contributed by atoms with Crippen LogP contribution in [0.15, 0.2) is 41.3 Å². The lowest BCUT2D eigenvalue weighted by Crippen LogP contribution is -2.35. The molecule has 162 valence electrons. The molecule has 1 aromatic carbocycles. The Bertz CT molecular complexity index is 988. The van der Waals surface area contributed by atoms with Crippen molar-refractivity contribution in [2.45, 2.75) is 25.7 Å². The van der Waals surface area contributed by atoms with Crippen molar-refractivity contribution in [3.63, 3.8) is 0 Å². The van der Waals surface area contributed by atoms with Crippen molar-refractivity contribution < 1.29 is 27.4 Å². The van der Waals surface area contributed by atoms with E-state index in [1.165, 1.54) is 18.2 Å². The molecule has 0 saturated carbocycles. The van der Waals surface area contributed by atoms with Gasteiger partial charge in [0.25, 0.3) is 10.0 Å². The van der Waals surface area contributed by atoms with E-state index in [-0.39, 0.29) is 48.4 Å². The number of nitrogens with zero attached hydrogens (tertiary/aromatic N) is 3. The minimum Gasteiger partial charge on any atom is -0.488 e. The molecule has 0 unspecified atom stereocenters. The third-order valence-electron chi connectivity index (χ3n) is 3.21. The Kier molecular flexibility index (Phi) is 7.92. The van der Waals surface area contributed by atoms with Gasteiger partial charge in [0.15, 0.2) is 0 Å². The molecule has 0 aliphatic carbocycles. The first-order valence-electron chi connectivity index (χ1n) is 8.96. The fourth-order valence-corrected chi connectivity index (χ4v) is 3.13. The highest BCUT2D eigenvalue weighted by atomic mass is 32.2. The van der Waals surface area contributed by atoms with Gasteiger partial charge >= 0.3 is 18.1 Å². The molecule has 0 spiro atoms. The predicted octanol–water partition coefficient (Wildman–Crippen LogP) is 2.13. The predicted molar refractivity (Wildman–Crippen MR) is 108 cm³/mol. The van der Waals surface area contributed by atoms with Crippen molar-refractivity contribution in [3.05, 3.63) is 36.4 Å². The highest BCUT2D eigenvalue weighted by molar-refractivity contribution is 7.90. The molecule has 1 aromatic heterocycles. The Labute approximate surface area is 174 Å². The maximum absolute atomic E-state index is 12.7. The topological polar surface area (TPSA) is 142 Å². The van der Waals surface area contributed by atoms with Gasteiger partial charge in [-0.3, -0.25) is 5.32 Å². The summed E-state index contributed by atoms with van der Waals surface area (Å²) >= 11 is 0. The third kappa shape index (κ3) is 6.58. The highest BCUT2D eigenvalue weighted by Gasteiger charge is 2.23. The van der Waals surface area contributed by atoms with Crippen LogP contribution in [0.4, 0.5) is 10.7 Å². The summed E-state index contributed by atoms with van der Waals surface area (Å²) in [5, 5.41) is 2.23. The number of ether oxygens (including phenoxy) is 3. The molecule has 0 aliphatic heterocycles. The fourth-order valence-electron chi connectivity index (χ4n) is 2.08. The average Bonchev–Trinajstić information content (AvgIpc) is 2.66. The maximum atomic E-state index is 12.7. The van der Waals surface area contributed by atoms with E-state index in [1.807, 2.05) is 4.72 Å². The van der Waals surface area contributed by atoms with Crippen LogP contribution in [0.1, 0.15) is 20.8 Å². The monoisotopic (exact) mass is 437 g/mol. The normalized spacial score (nSPS) is 10.8. The molecule has 0 radical (unpaired) electrons. The number of hydrogen-bond donors (Lipinski definition) is 2. The summed E-state index contributed by atoms with van der Waals surface area (Å²) in [6, 6.07) is 4.68. The Morgan fingerprint density at radius 1 is 1.03 bits per heavy atom. The number of nitrogens with one attached hydrogen (secondary N) is 2. The molecule has 12 heteroatoms. The Hall–Kier alpha value is -3.41. The summed E-state index contributed by atoms with van der Waals surface area (Å²) in [4.78, 5) is 23.8. The maximum Gasteiger partial charge on any atom is 0.335 e. The zero-order chi connectivity index (χ0) is 22.1. The van der Waals surface area contributed by atoms with Crippen molar-refractivity contribution in [3.8, 4) is 17.8 Å². The van der Waals surface area contributed by atoms with E-state index in [1.54, 1.807) is 26.8 Å². The Balaban J connectivity index is 2.19. The van der Waals surface area contributed by atoms with Crippen LogP contribution in [0.2, 0.25) is 0 Å². The molecule has 0 saturated heterocycles. The number of carbonyl (C=O) groups is 1. The van der Waals surface area contributed by atoms with Gasteiger partial charge in [-0.25, -0.2) is 17.9 Å². The minimum absolute atomic E-state index is 0.0763. The lowest BCUT2D eigenvalue weighted by molar-refractivity contribution is 0.256. The van der Waals surface area contributed by atoms with E-state index >= 15 is 0 Å². The van der Waals surface area contributed by atoms with Gasteiger partial charge in [-0.2, -0.15) is 9.97 Å². The molecule has 0 bridgehead atoms. The largest absolute Gasteiger partial charge is 0.488 e. The summed E-state index contributed by atoms with van der Waals surface area (Å²) in [5.74, 6) is -0.158. The number of urea groups is 1. The van der Waals surface area contributed by atoms with E-state index in [0.717, 1.165) is 0 Å². The molecule has 0 aliphatic rings. The first kappa shape index (κ1) is 22.9. The van der Waals surface area contributed by atoms with Gasteiger partial charge in [-0.15, -0.1) is 4.98 Å². The second-order valence-electron chi connectivity index (χ2n) is 5.84. The van der Waals surface area contributed by atoms with Crippen molar-refractivity contribution in [1.82, 2.24) is 19.7 Å². The number of sulfonamides is 1. The smallest absolute Gasteiger partial charge is 0.335 e. The molecular weight excluding hydrogens is 414 g/mol. The molecule has 2 N–H and O–H groups in total. The van der Waals surface area contributed by atoms with E-state index in [2.05, 4.69) is 26.8 Å². The first-order chi connectivity index (χ1) is 14.2. The molecule has 2 rings (SSSR count). The Morgan fingerprint density at radius 3 is 2.20 bits per heavy atom. The lowest BCUT2D eigenvalue weighted by atomic mass is 10.3. The summed E-state index contributed by atoms with van der Waals surface area (Å²) < 4.78 is 43.0.